The van der Waals surface area contributed by atoms with E-state index in [1.807, 2.05) is 12.1 Å². The van der Waals surface area contributed by atoms with Gasteiger partial charge in [-0.15, -0.1) is 11.6 Å². The topological polar surface area (TPSA) is 46.4 Å². The van der Waals surface area contributed by atoms with Gasteiger partial charge in [0.05, 0.1) is 4.92 Å². The molecule has 2 atom stereocenters. The number of hydrogen-bond acceptors (Lipinski definition) is 3. The molecule has 0 radical (unpaired) electrons. The molecule has 1 heterocycles. The van der Waals surface area contributed by atoms with E-state index in [4.69, 9.17) is 11.6 Å². The van der Waals surface area contributed by atoms with Crippen LogP contribution in [0.4, 0.5) is 11.4 Å². The maximum atomic E-state index is 11.2. The van der Waals surface area contributed by atoms with Gasteiger partial charge in [-0.1, -0.05) is 6.07 Å². The number of nitro benzene ring substituents is 1. The highest BCUT2D eigenvalue weighted by molar-refractivity contribution is 6.17. The predicted molar refractivity (Wildman–Crippen MR) is 71.1 cm³/mol. The van der Waals surface area contributed by atoms with Crippen LogP contribution in [-0.2, 0) is 5.88 Å². The summed E-state index contributed by atoms with van der Waals surface area (Å²) in [6.07, 6.45) is 3.63. The van der Waals surface area contributed by atoms with Crippen LogP contribution in [0, 0.1) is 16.0 Å². The van der Waals surface area contributed by atoms with Gasteiger partial charge in [0, 0.05) is 24.5 Å². The van der Waals surface area contributed by atoms with E-state index in [0.29, 0.717) is 11.9 Å². The summed E-state index contributed by atoms with van der Waals surface area (Å²) in [5.41, 5.74) is 1.76. The third kappa shape index (κ3) is 1.85. The molecule has 4 nitrogen and oxygen atoms in total. The number of nitro groups is 1. The first-order valence-electron chi connectivity index (χ1n) is 6.29. The van der Waals surface area contributed by atoms with E-state index in [1.54, 1.807) is 6.07 Å². The number of anilines is 1. The van der Waals surface area contributed by atoms with E-state index >= 15 is 0 Å². The van der Waals surface area contributed by atoms with Crippen LogP contribution >= 0.6 is 11.6 Å². The van der Waals surface area contributed by atoms with Crippen LogP contribution in [0.3, 0.4) is 0 Å². The molecule has 1 aromatic carbocycles. The Hall–Kier alpha value is -1.29. The Morgan fingerprint density at radius 1 is 1.44 bits per heavy atom. The van der Waals surface area contributed by atoms with Gasteiger partial charge in [0.1, 0.15) is 5.69 Å². The molecule has 1 saturated heterocycles. The van der Waals surface area contributed by atoms with E-state index in [2.05, 4.69) is 4.90 Å². The number of fused-ring (bicyclic) bond motifs is 2. The van der Waals surface area contributed by atoms with Crippen LogP contribution in [0.25, 0.3) is 0 Å². The van der Waals surface area contributed by atoms with Crippen molar-refractivity contribution in [3.63, 3.8) is 0 Å². The zero-order valence-electron chi connectivity index (χ0n) is 10.0. The predicted octanol–water partition coefficient (Wildman–Crippen LogP) is 3.32. The molecule has 1 aliphatic carbocycles. The Bertz CT molecular complexity index is 492. The fraction of sp³-hybridized carbons (Fsp3) is 0.538. The molecule has 3 rings (SSSR count). The summed E-state index contributed by atoms with van der Waals surface area (Å²) in [5, 5.41) is 11.2. The molecule has 1 saturated carbocycles. The van der Waals surface area contributed by atoms with Crippen molar-refractivity contribution in [1.29, 1.82) is 0 Å². The molecule has 1 aromatic rings. The van der Waals surface area contributed by atoms with Gasteiger partial charge in [-0.2, -0.15) is 0 Å². The van der Waals surface area contributed by atoms with E-state index in [9.17, 15) is 10.1 Å². The average Bonchev–Trinajstić information content (AvgIpc) is 3.00. The largest absolute Gasteiger partial charge is 0.363 e. The van der Waals surface area contributed by atoms with E-state index in [1.165, 1.54) is 19.3 Å². The van der Waals surface area contributed by atoms with Gasteiger partial charge in [-0.05, 0) is 36.8 Å². The molecule has 2 bridgehead atoms. The second-order valence-electron chi connectivity index (χ2n) is 5.20. The normalized spacial score (nSPS) is 25.7. The molecule has 18 heavy (non-hydrogen) atoms. The van der Waals surface area contributed by atoms with Crippen LogP contribution < -0.4 is 4.90 Å². The zero-order valence-corrected chi connectivity index (χ0v) is 10.8. The first kappa shape index (κ1) is 11.8. The number of rotatable bonds is 3. The third-order valence-electron chi connectivity index (χ3n) is 4.11. The average molecular weight is 267 g/mol. The standard InChI is InChI=1S/C13H15ClN2O2/c14-7-9-2-4-12(13(6-9)16(17)18)15-8-10-1-3-11(15)5-10/h2,4,6,10-11H,1,3,5,7-8H2. The Kier molecular flexibility index (Phi) is 2.90. The summed E-state index contributed by atoms with van der Waals surface area (Å²) in [7, 11) is 0. The summed E-state index contributed by atoms with van der Waals surface area (Å²) >= 11 is 5.74. The van der Waals surface area contributed by atoms with E-state index in [0.717, 1.165) is 23.7 Å². The Morgan fingerprint density at radius 2 is 2.28 bits per heavy atom. The third-order valence-corrected chi connectivity index (χ3v) is 4.42. The summed E-state index contributed by atoms with van der Waals surface area (Å²) in [6, 6.07) is 5.85. The molecule has 0 spiro atoms. The summed E-state index contributed by atoms with van der Waals surface area (Å²) in [5.74, 6) is 1.04. The van der Waals surface area contributed by atoms with Gasteiger partial charge < -0.3 is 4.90 Å². The zero-order chi connectivity index (χ0) is 12.7. The van der Waals surface area contributed by atoms with Crippen molar-refractivity contribution < 1.29 is 4.92 Å². The molecule has 1 aliphatic heterocycles. The van der Waals surface area contributed by atoms with Crippen molar-refractivity contribution >= 4 is 23.0 Å². The highest BCUT2D eigenvalue weighted by Crippen LogP contribution is 2.43. The molecule has 0 aromatic heterocycles. The molecule has 2 unspecified atom stereocenters. The maximum Gasteiger partial charge on any atom is 0.292 e. The Balaban J connectivity index is 1.98. The number of halogens is 1. The SMILES string of the molecule is O=[N+]([O-])c1cc(CCl)ccc1N1CC2CCC1C2. The van der Waals surface area contributed by atoms with Gasteiger partial charge in [-0.3, -0.25) is 10.1 Å². The highest BCUT2D eigenvalue weighted by Gasteiger charge is 2.39. The fourth-order valence-corrected chi connectivity index (χ4v) is 3.43. The lowest BCUT2D eigenvalue weighted by Crippen LogP contribution is -2.32. The molecule has 2 aliphatic rings. The maximum absolute atomic E-state index is 11.2. The van der Waals surface area contributed by atoms with E-state index in [-0.39, 0.29) is 10.6 Å². The number of piperidine rings is 1. The molecule has 2 fully saturated rings. The van der Waals surface area contributed by atoms with Crippen molar-refractivity contribution in [1.82, 2.24) is 0 Å². The molecule has 5 heteroatoms. The fourth-order valence-electron chi connectivity index (χ4n) is 3.26. The van der Waals surface area contributed by atoms with Crippen molar-refractivity contribution in [3.05, 3.63) is 33.9 Å². The van der Waals surface area contributed by atoms with Crippen LogP contribution in [0.5, 0.6) is 0 Å². The van der Waals surface area contributed by atoms with Crippen LogP contribution in [-0.4, -0.2) is 17.5 Å². The summed E-state index contributed by atoms with van der Waals surface area (Å²) in [4.78, 5) is 13.1. The second-order valence-corrected chi connectivity index (χ2v) is 5.47. The second kappa shape index (κ2) is 4.43. The quantitative estimate of drug-likeness (QED) is 0.479. The first-order valence-corrected chi connectivity index (χ1v) is 6.82. The van der Waals surface area contributed by atoms with Crippen molar-refractivity contribution in [2.45, 2.75) is 31.2 Å². The molecular formula is C13H15ClN2O2. The number of alkyl halides is 1. The van der Waals surface area contributed by atoms with Crippen LogP contribution in [0.15, 0.2) is 18.2 Å². The van der Waals surface area contributed by atoms with E-state index < -0.39 is 0 Å². The summed E-state index contributed by atoms with van der Waals surface area (Å²) in [6.45, 7) is 0.964. The Morgan fingerprint density at radius 3 is 2.83 bits per heavy atom. The number of benzene rings is 1. The van der Waals surface area contributed by atoms with Gasteiger partial charge in [0.15, 0.2) is 0 Å². The van der Waals surface area contributed by atoms with Gasteiger partial charge in [0.2, 0.25) is 0 Å². The minimum Gasteiger partial charge on any atom is -0.363 e. The monoisotopic (exact) mass is 266 g/mol. The first-order chi connectivity index (χ1) is 8.69. The minimum atomic E-state index is -0.294. The van der Waals surface area contributed by atoms with Crippen molar-refractivity contribution in [2.24, 2.45) is 5.92 Å². The highest BCUT2D eigenvalue weighted by atomic mass is 35.5. The van der Waals surface area contributed by atoms with Crippen LogP contribution in [0.1, 0.15) is 24.8 Å². The van der Waals surface area contributed by atoms with Crippen LogP contribution in [0.2, 0.25) is 0 Å². The van der Waals surface area contributed by atoms with Gasteiger partial charge >= 0.3 is 0 Å². The van der Waals surface area contributed by atoms with Crippen molar-refractivity contribution in [2.75, 3.05) is 11.4 Å². The molecule has 0 amide bonds. The summed E-state index contributed by atoms with van der Waals surface area (Å²) < 4.78 is 0. The number of nitrogens with zero attached hydrogens (tertiary/aromatic N) is 2. The smallest absolute Gasteiger partial charge is 0.292 e. The lowest BCUT2D eigenvalue weighted by Gasteiger charge is -2.28. The lowest BCUT2D eigenvalue weighted by molar-refractivity contribution is -0.384. The Labute approximate surface area is 111 Å². The number of hydrogen-bond donors (Lipinski definition) is 0. The molecule has 0 N–H and O–H groups in total. The minimum absolute atomic E-state index is 0.195. The van der Waals surface area contributed by atoms with Crippen molar-refractivity contribution in [3.8, 4) is 0 Å². The molecule has 96 valence electrons. The lowest BCUT2D eigenvalue weighted by atomic mass is 10.1. The molecular weight excluding hydrogens is 252 g/mol. The van der Waals surface area contributed by atoms with Gasteiger partial charge in [-0.25, -0.2) is 0 Å². The van der Waals surface area contributed by atoms with Gasteiger partial charge in [0.25, 0.3) is 5.69 Å².